The van der Waals surface area contributed by atoms with Crippen LogP contribution in [0.1, 0.15) is 5.56 Å². The van der Waals surface area contributed by atoms with Crippen molar-refractivity contribution >= 4 is 40.3 Å². The molecule has 7 nitrogen and oxygen atoms in total. The highest BCUT2D eigenvalue weighted by molar-refractivity contribution is 8.14. The summed E-state index contributed by atoms with van der Waals surface area (Å²) in [5.41, 5.74) is 6.81. The van der Waals surface area contributed by atoms with Crippen molar-refractivity contribution in [3.05, 3.63) is 34.9 Å². The summed E-state index contributed by atoms with van der Waals surface area (Å²) >= 11 is 7.03. The quantitative estimate of drug-likeness (QED) is 0.621. The number of carbonyl (C=O) groups is 2. The van der Waals surface area contributed by atoms with Gasteiger partial charge in [0.25, 0.3) is 0 Å². The van der Waals surface area contributed by atoms with Crippen LogP contribution in [0.4, 0.5) is 0 Å². The molecule has 2 heterocycles. The van der Waals surface area contributed by atoms with E-state index < -0.39 is 0 Å². The number of amides is 2. The van der Waals surface area contributed by atoms with E-state index in [9.17, 15) is 9.59 Å². The normalized spacial score (nSPS) is 23.0. The number of benzene rings is 1. The Morgan fingerprint density at radius 2 is 2.17 bits per heavy atom. The zero-order valence-electron chi connectivity index (χ0n) is 12.1. The predicted octanol–water partition coefficient (Wildman–Crippen LogP) is 0.225. The first-order chi connectivity index (χ1) is 11.1. The van der Waals surface area contributed by atoms with Crippen LogP contribution in [0.25, 0.3) is 0 Å². The Balaban J connectivity index is 1.45. The summed E-state index contributed by atoms with van der Waals surface area (Å²) in [6.45, 7) is 0.991. The molecule has 2 atom stereocenters. The van der Waals surface area contributed by atoms with Crippen LogP contribution >= 0.6 is 23.4 Å². The summed E-state index contributed by atoms with van der Waals surface area (Å²) < 4.78 is 0. The van der Waals surface area contributed by atoms with Gasteiger partial charge in [0.2, 0.25) is 11.8 Å². The Morgan fingerprint density at radius 3 is 2.96 bits per heavy atom. The van der Waals surface area contributed by atoms with Crippen molar-refractivity contribution < 1.29 is 9.59 Å². The van der Waals surface area contributed by atoms with E-state index in [4.69, 9.17) is 11.6 Å². The lowest BCUT2D eigenvalue weighted by Crippen LogP contribution is -2.46. The van der Waals surface area contributed by atoms with Gasteiger partial charge >= 0.3 is 0 Å². The van der Waals surface area contributed by atoms with Crippen LogP contribution in [0.2, 0.25) is 5.02 Å². The van der Waals surface area contributed by atoms with Gasteiger partial charge in [-0.2, -0.15) is 0 Å². The number of carbonyl (C=O) groups excluding carboxylic acids is 2. The Bertz CT molecular complexity index is 637. The zero-order valence-corrected chi connectivity index (χ0v) is 13.7. The van der Waals surface area contributed by atoms with E-state index in [0.717, 1.165) is 5.56 Å². The minimum atomic E-state index is -0.261. The molecule has 4 N–H and O–H groups in total. The smallest absolute Gasteiger partial charge is 0.233 e. The molecule has 0 saturated carbocycles. The highest BCUT2D eigenvalue weighted by atomic mass is 35.5. The molecule has 0 spiro atoms. The maximum atomic E-state index is 11.9. The van der Waals surface area contributed by atoms with Crippen molar-refractivity contribution in [2.24, 2.45) is 10.9 Å². The molecule has 2 aliphatic heterocycles. The number of thioether (sulfide) groups is 1. The summed E-state index contributed by atoms with van der Waals surface area (Å²) in [5, 5.41) is 6.67. The third-order valence-electron chi connectivity index (χ3n) is 3.52. The van der Waals surface area contributed by atoms with E-state index in [2.05, 4.69) is 26.5 Å². The molecule has 1 aromatic carbocycles. The summed E-state index contributed by atoms with van der Waals surface area (Å²) in [4.78, 5) is 28.1. The summed E-state index contributed by atoms with van der Waals surface area (Å²) in [6, 6.07) is 7.28. The topological polar surface area (TPSA) is 94.6 Å². The van der Waals surface area contributed by atoms with Crippen molar-refractivity contribution in [1.82, 2.24) is 21.5 Å². The number of amidine groups is 1. The lowest BCUT2D eigenvalue weighted by atomic mass is 10.1. The van der Waals surface area contributed by atoms with Gasteiger partial charge in [-0.25, -0.2) is 10.4 Å². The van der Waals surface area contributed by atoms with Gasteiger partial charge in [0.1, 0.15) is 6.17 Å². The van der Waals surface area contributed by atoms with Gasteiger partial charge in [0.05, 0.1) is 11.7 Å². The van der Waals surface area contributed by atoms with E-state index in [1.807, 2.05) is 12.1 Å². The van der Waals surface area contributed by atoms with Gasteiger partial charge in [-0.05, 0) is 17.7 Å². The number of hydrogen-bond acceptors (Lipinski definition) is 6. The van der Waals surface area contributed by atoms with Crippen LogP contribution in [0.15, 0.2) is 29.3 Å². The van der Waals surface area contributed by atoms with Gasteiger partial charge in [-0.1, -0.05) is 35.5 Å². The molecular formula is C14H16ClN5O2S. The van der Waals surface area contributed by atoms with E-state index in [-0.39, 0.29) is 29.7 Å². The van der Waals surface area contributed by atoms with Crippen LogP contribution in [-0.4, -0.2) is 35.4 Å². The Hall–Kier alpha value is -1.61. The van der Waals surface area contributed by atoms with Crippen LogP contribution in [0.3, 0.4) is 0 Å². The SMILES string of the molecule is O=C(CSC1=NC2NNCC2C(=O)N1)NCc1ccc(Cl)cc1. The lowest BCUT2D eigenvalue weighted by Gasteiger charge is -2.21. The fourth-order valence-electron chi connectivity index (χ4n) is 2.26. The first-order valence-corrected chi connectivity index (χ1v) is 8.49. The van der Waals surface area contributed by atoms with Gasteiger partial charge in [0, 0.05) is 18.1 Å². The minimum absolute atomic E-state index is 0.0772. The maximum absolute atomic E-state index is 11.9. The summed E-state index contributed by atoms with van der Waals surface area (Å²) in [5.74, 6) is -0.205. The van der Waals surface area contributed by atoms with Crippen molar-refractivity contribution in [2.75, 3.05) is 12.3 Å². The van der Waals surface area contributed by atoms with Crippen molar-refractivity contribution in [2.45, 2.75) is 12.7 Å². The molecule has 1 fully saturated rings. The fraction of sp³-hybridized carbons (Fsp3) is 0.357. The molecule has 122 valence electrons. The number of hydrazine groups is 1. The Kier molecular flexibility index (Phi) is 5.16. The largest absolute Gasteiger partial charge is 0.351 e. The highest BCUT2D eigenvalue weighted by Crippen LogP contribution is 2.17. The van der Waals surface area contributed by atoms with E-state index in [1.165, 1.54) is 11.8 Å². The highest BCUT2D eigenvalue weighted by Gasteiger charge is 2.36. The molecule has 0 radical (unpaired) electrons. The molecule has 0 bridgehead atoms. The molecule has 3 rings (SSSR count). The molecule has 1 aromatic rings. The van der Waals surface area contributed by atoms with E-state index in [0.29, 0.717) is 23.3 Å². The second-order valence-corrected chi connectivity index (χ2v) is 6.59. The number of hydrogen-bond donors (Lipinski definition) is 4. The standard InChI is InChI=1S/C14H16ClN5O2S/c15-9-3-1-8(2-4-9)5-16-11(21)7-23-14-18-12-10(6-17-20-12)13(22)19-14/h1-4,10,12,17,20H,5-7H2,(H,16,21)(H,18,19,22). The summed E-state index contributed by atoms with van der Waals surface area (Å²) in [6.07, 6.45) is -0.261. The van der Waals surface area contributed by atoms with Crippen LogP contribution in [-0.2, 0) is 16.1 Å². The monoisotopic (exact) mass is 353 g/mol. The molecule has 23 heavy (non-hydrogen) atoms. The number of fused-ring (bicyclic) bond motifs is 1. The van der Waals surface area contributed by atoms with Crippen molar-refractivity contribution in [1.29, 1.82) is 0 Å². The second-order valence-electron chi connectivity index (χ2n) is 5.19. The van der Waals surface area contributed by atoms with Crippen molar-refractivity contribution in [3.8, 4) is 0 Å². The van der Waals surface area contributed by atoms with Crippen molar-refractivity contribution in [3.63, 3.8) is 0 Å². The van der Waals surface area contributed by atoms with Gasteiger partial charge < -0.3 is 10.6 Å². The fourth-order valence-corrected chi connectivity index (χ4v) is 3.12. The first kappa shape index (κ1) is 16.3. The number of nitrogens with zero attached hydrogens (tertiary/aromatic N) is 1. The van der Waals surface area contributed by atoms with Gasteiger partial charge in [-0.3, -0.25) is 15.0 Å². The molecule has 0 aliphatic carbocycles. The number of rotatable bonds is 4. The zero-order chi connectivity index (χ0) is 16.2. The minimum Gasteiger partial charge on any atom is -0.351 e. The average Bonchev–Trinajstić information content (AvgIpc) is 3.01. The Labute approximate surface area is 142 Å². The third kappa shape index (κ3) is 4.23. The predicted molar refractivity (Wildman–Crippen MR) is 89.8 cm³/mol. The molecule has 0 aromatic heterocycles. The number of nitrogens with one attached hydrogen (secondary N) is 4. The van der Waals surface area contributed by atoms with Crippen LogP contribution < -0.4 is 21.5 Å². The third-order valence-corrected chi connectivity index (χ3v) is 4.66. The van der Waals surface area contributed by atoms with E-state index in [1.54, 1.807) is 12.1 Å². The van der Waals surface area contributed by atoms with Gasteiger partial charge in [0.15, 0.2) is 5.17 Å². The molecule has 9 heteroatoms. The Morgan fingerprint density at radius 1 is 1.39 bits per heavy atom. The molecular weight excluding hydrogens is 338 g/mol. The van der Waals surface area contributed by atoms with E-state index >= 15 is 0 Å². The van der Waals surface area contributed by atoms with Crippen LogP contribution in [0.5, 0.6) is 0 Å². The summed E-state index contributed by atoms with van der Waals surface area (Å²) in [7, 11) is 0. The molecule has 1 saturated heterocycles. The first-order valence-electron chi connectivity index (χ1n) is 7.13. The number of aliphatic imine (C=N–C) groups is 1. The van der Waals surface area contributed by atoms with Gasteiger partial charge in [-0.15, -0.1) is 0 Å². The molecule has 2 amide bonds. The second kappa shape index (κ2) is 7.31. The molecule has 2 unspecified atom stereocenters. The maximum Gasteiger partial charge on any atom is 0.233 e. The lowest BCUT2D eigenvalue weighted by molar-refractivity contribution is -0.123. The average molecular weight is 354 g/mol. The van der Waals surface area contributed by atoms with Crippen LogP contribution in [0, 0.1) is 5.92 Å². The molecule has 2 aliphatic rings. The number of halogens is 1.